The topological polar surface area (TPSA) is 223 Å². The Morgan fingerprint density at radius 2 is 0.875 bits per heavy atom. The lowest BCUT2D eigenvalue weighted by atomic mass is 10.1. The summed E-state index contributed by atoms with van der Waals surface area (Å²) in [5.41, 5.74) is 19.9. The zero-order chi connectivity index (χ0) is 54.9. The van der Waals surface area contributed by atoms with Gasteiger partial charge in [0.2, 0.25) is 0 Å². The number of hydrogen-bond donors (Lipinski definition) is 4. The normalized spacial score (nSPS) is 11.7. The molecule has 80 heavy (non-hydrogen) atoms. The lowest BCUT2D eigenvalue weighted by Crippen LogP contribution is -2.28. The number of nitrogens with zero attached hydrogens (tertiary/aromatic N) is 9. The van der Waals surface area contributed by atoms with Gasteiger partial charge < -0.3 is 21.8 Å². The maximum Gasteiger partial charge on any atom is 0.266 e. The molecule has 0 aliphatic rings. The van der Waals surface area contributed by atoms with Gasteiger partial charge in [-0.1, -0.05) is 91.0 Å². The van der Waals surface area contributed by atoms with Crippen molar-refractivity contribution >= 4 is 74.5 Å². The van der Waals surface area contributed by atoms with E-state index in [1.54, 1.807) is 20.0 Å². The molecule has 400 valence electrons. The third-order valence-electron chi connectivity index (χ3n) is 12.9. The number of aromatic amines is 1. The third-order valence-corrected chi connectivity index (χ3v) is 12.9. The first-order valence-corrected chi connectivity index (χ1v) is 24.9. The zero-order valence-electron chi connectivity index (χ0n) is 43.8. The van der Waals surface area contributed by atoms with Crippen LogP contribution in [0.3, 0.4) is 0 Å². The maximum absolute atomic E-state index is 13.7. The van der Waals surface area contributed by atoms with E-state index >= 15 is 0 Å². The van der Waals surface area contributed by atoms with E-state index in [9.17, 15) is 14.4 Å². The third kappa shape index (κ3) is 11.9. The maximum atomic E-state index is 13.7. The molecule has 0 aliphatic heterocycles. The number of rotatable bonds is 11. The summed E-state index contributed by atoms with van der Waals surface area (Å²) in [5, 5.41) is 5.15. The second kappa shape index (κ2) is 26.1. The van der Waals surface area contributed by atoms with Crippen molar-refractivity contribution in [2.24, 2.45) is 11.5 Å². The van der Waals surface area contributed by atoms with Gasteiger partial charge in [-0.05, 0) is 92.1 Å². The van der Waals surface area contributed by atoms with Crippen LogP contribution in [-0.4, -0.2) is 48.6 Å². The highest BCUT2D eigenvalue weighted by atomic mass is 35.5. The number of aryl methyl sites for hydroxylation is 3. The second-order valence-corrected chi connectivity index (χ2v) is 18.2. The SMILES string of the molecule is C#CCC(N)c1nc2cccc(C)c2c(=O)n1-c1ccccc1.C#CCC(N)c1nc2cccc(C)c2c(=O)n1-c1ccccc1.C#CCC(Nc1ncnc2nc[nH]c12)c1nc2cccc(C)c2c(=O)n1-c1ccccc1.Cl.Cl. The molecule has 16 nitrogen and oxygen atoms in total. The fourth-order valence-corrected chi connectivity index (χ4v) is 9.25. The van der Waals surface area contributed by atoms with Gasteiger partial charge in [-0.2, -0.15) is 0 Å². The van der Waals surface area contributed by atoms with Crippen LogP contribution in [0.4, 0.5) is 5.82 Å². The molecule has 6 N–H and O–H groups in total. The number of halogens is 2. The molecule has 3 unspecified atom stereocenters. The van der Waals surface area contributed by atoms with E-state index in [2.05, 4.69) is 53.0 Å². The van der Waals surface area contributed by atoms with Gasteiger partial charge in [-0.3, -0.25) is 28.1 Å². The first-order chi connectivity index (χ1) is 37.9. The molecule has 18 heteroatoms. The number of imidazole rings is 1. The van der Waals surface area contributed by atoms with E-state index in [1.807, 2.05) is 166 Å². The molecular weight excluding hydrogens is 1050 g/mol. The van der Waals surface area contributed by atoms with Gasteiger partial charge in [0.25, 0.3) is 16.7 Å². The van der Waals surface area contributed by atoms with Crippen molar-refractivity contribution in [1.82, 2.24) is 48.6 Å². The Kier molecular flexibility index (Phi) is 18.9. The van der Waals surface area contributed by atoms with Crippen LogP contribution in [0.1, 0.15) is 71.6 Å². The molecule has 11 rings (SSSR count). The Morgan fingerprint density at radius 3 is 1.26 bits per heavy atom. The highest BCUT2D eigenvalue weighted by molar-refractivity contribution is 5.86. The molecule has 5 heterocycles. The number of anilines is 1. The van der Waals surface area contributed by atoms with Crippen molar-refractivity contribution in [1.29, 1.82) is 0 Å². The van der Waals surface area contributed by atoms with E-state index in [0.29, 0.717) is 85.7 Å². The molecule has 0 bridgehead atoms. The number of terminal acetylenes is 3. The first-order valence-electron chi connectivity index (χ1n) is 24.9. The molecule has 0 aliphatic carbocycles. The molecule has 3 atom stereocenters. The molecular formula is C62H55Cl2N13O3. The van der Waals surface area contributed by atoms with Gasteiger partial charge in [0.05, 0.1) is 74.2 Å². The largest absolute Gasteiger partial charge is 0.357 e. The summed E-state index contributed by atoms with van der Waals surface area (Å²) < 4.78 is 4.75. The van der Waals surface area contributed by atoms with Crippen molar-refractivity contribution in [2.45, 2.75) is 58.2 Å². The van der Waals surface area contributed by atoms with E-state index in [0.717, 1.165) is 28.1 Å². The summed E-state index contributed by atoms with van der Waals surface area (Å²) in [6.07, 6.45) is 20.4. The average molecular weight is 1100 g/mol. The van der Waals surface area contributed by atoms with Gasteiger partial charge >= 0.3 is 0 Å². The molecule has 0 saturated carbocycles. The Morgan fingerprint density at radius 1 is 0.500 bits per heavy atom. The molecule has 5 aromatic heterocycles. The van der Waals surface area contributed by atoms with Crippen molar-refractivity contribution in [3.63, 3.8) is 0 Å². The summed E-state index contributed by atoms with van der Waals surface area (Å²) in [4.78, 5) is 69.8. The number of fused-ring (bicyclic) bond motifs is 4. The van der Waals surface area contributed by atoms with Gasteiger partial charge in [-0.15, -0.1) is 61.8 Å². The summed E-state index contributed by atoms with van der Waals surface area (Å²) in [5.74, 6) is 9.79. The fraction of sp³-hybridized carbons (Fsp3) is 0.145. The van der Waals surface area contributed by atoms with Crippen LogP contribution in [0.25, 0.3) is 60.9 Å². The second-order valence-electron chi connectivity index (χ2n) is 18.2. The lowest BCUT2D eigenvalue weighted by Gasteiger charge is -2.22. The molecule has 0 fully saturated rings. The van der Waals surface area contributed by atoms with E-state index in [1.165, 1.54) is 6.33 Å². The standard InChI is InChI=1S/C24H19N7O.2C19H17N3O.2ClH/c1-3-8-18(29-22-20-21(26-13-25-20)27-14-28-22)23-30-17-12-7-9-15(2)19(17)24(32)31(23)16-10-5-4-6-11-16;2*1-3-8-15(20)18-21-16-12-7-9-13(2)17(16)19(23)22(18)14-10-5-4-6-11-14;;/h1,4-7,9-14,18H,8H2,2H3,(H2,25,26,27,28,29);2*1,4-7,9-12,15H,8,20H2,2H3;2*1H. The average Bonchev–Trinajstić information content (AvgIpc) is 4.00. The number of nitrogens with one attached hydrogen (secondary N) is 2. The van der Waals surface area contributed by atoms with Gasteiger partial charge in [0.1, 0.15) is 29.3 Å². The zero-order valence-corrected chi connectivity index (χ0v) is 45.5. The molecule has 0 saturated heterocycles. The Balaban J connectivity index is 0.000000175. The van der Waals surface area contributed by atoms with Crippen LogP contribution in [0.15, 0.2) is 173 Å². The number of nitrogens with two attached hydrogens (primary N) is 2. The van der Waals surface area contributed by atoms with E-state index in [-0.39, 0.29) is 47.9 Å². The summed E-state index contributed by atoms with van der Waals surface area (Å²) in [7, 11) is 0. The number of H-pyrrole nitrogens is 1. The summed E-state index contributed by atoms with van der Waals surface area (Å²) in [6, 6.07) is 43.5. The quantitative estimate of drug-likeness (QED) is 0.0889. The molecule has 0 amide bonds. The van der Waals surface area contributed by atoms with Crippen LogP contribution in [0.5, 0.6) is 0 Å². The molecule has 0 spiro atoms. The Labute approximate surface area is 473 Å². The van der Waals surface area contributed by atoms with E-state index in [4.69, 9.17) is 35.7 Å². The highest BCUT2D eigenvalue weighted by Crippen LogP contribution is 2.28. The van der Waals surface area contributed by atoms with Gasteiger partial charge in [0.15, 0.2) is 11.5 Å². The van der Waals surface area contributed by atoms with Crippen LogP contribution >= 0.6 is 24.8 Å². The minimum atomic E-state index is -0.502. The number of benzene rings is 6. The number of aromatic nitrogens is 10. The molecule has 6 aromatic carbocycles. The predicted molar refractivity (Wildman–Crippen MR) is 323 cm³/mol. The highest BCUT2D eigenvalue weighted by Gasteiger charge is 2.24. The molecule has 11 aromatic rings. The van der Waals surface area contributed by atoms with Crippen LogP contribution in [0, 0.1) is 57.8 Å². The summed E-state index contributed by atoms with van der Waals surface area (Å²) >= 11 is 0. The Bertz CT molecular complexity index is 4160. The fourth-order valence-electron chi connectivity index (χ4n) is 9.25. The lowest BCUT2D eigenvalue weighted by molar-refractivity contribution is 0.658. The monoisotopic (exact) mass is 1100 g/mol. The van der Waals surface area contributed by atoms with Gasteiger partial charge in [0, 0.05) is 19.3 Å². The van der Waals surface area contributed by atoms with Gasteiger partial charge in [-0.25, -0.2) is 29.9 Å². The van der Waals surface area contributed by atoms with Crippen molar-refractivity contribution in [3.05, 3.63) is 223 Å². The first kappa shape index (κ1) is 58.0. The minimum Gasteiger partial charge on any atom is -0.357 e. The number of para-hydroxylation sites is 3. The van der Waals surface area contributed by atoms with Crippen LogP contribution < -0.4 is 33.5 Å². The number of hydrogen-bond acceptors (Lipinski definition) is 12. The van der Waals surface area contributed by atoms with Crippen LogP contribution in [0.2, 0.25) is 0 Å². The minimum absolute atomic E-state index is 0. The predicted octanol–water partition coefficient (Wildman–Crippen LogP) is 9.81. The van der Waals surface area contributed by atoms with E-state index < -0.39 is 18.1 Å². The Hall–Kier alpha value is -9.73. The van der Waals surface area contributed by atoms with Crippen molar-refractivity contribution < 1.29 is 0 Å². The van der Waals surface area contributed by atoms with Crippen LogP contribution in [-0.2, 0) is 0 Å². The summed E-state index contributed by atoms with van der Waals surface area (Å²) in [6.45, 7) is 5.72. The smallest absolute Gasteiger partial charge is 0.266 e. The van der Waals surface area contributed by atoms with Crippen molar-refractivity contribution in [2.75, 3.05) is 5.32 Å². The van der Waals surface area contributed by atoms with Crippen molar-refractivity contribution in [3.8, 4) is 54.1 Å². The molecule has 0 radical (unpaired) electrons.